The summed E-state index contributed by atoms with van der Waals surface area (Å²) < 4.78 is 17.9. The molecule has 2 aromatic carbocycles. The fourth-order valence-electron chi connectivity index (χ4n) is 1.59. The lowest BCUT2D eigenvalue weighted by Gasteiger charge is -2.01. The highest BCUT2D eigenvalue weighted by Gasteiger charge is 2.16. The van der Waals surface area contributed by atoms with Crippen molar-refractivity contribution < 1.29 is 23.8 Å². The quantitative estimate of drug-likeness (QED) is 0.680. The zero-order valence-electron chi connectivity index (χ0n) is 10.7. The van der Waals surface area contributed by atoms with Crippen LogP contribution < -0.4 is 0 Å². The molecule has 0 amide bonds. The number of rotatable bonds is 2. The highest BCUT2D eigenvalue weighted by atomic mass is 19.1. The van der Waals surface area contributed by atoms with E-state index in [1.165, 1.54) is 42.5 Å². The van der Waals surface area contributed by atoms with Crippen molar-refractivity contribution in [1.82, 2.24) is 0 Å². The monoisotopic (exact) mass is 284 g/mol. The molecule has 0 atom stereocenters. The lowest BCUT2D eigenvalue weighted by atomic mass is 10.1. The lowest BCUT2D eigenvalue weighted by Crippen LogP contribution is -2.09. The van der Waals surface area contributed by atoms with Gasteiger partial charge in [-0.25, -0.2) is 14.0 Å². The zero-order chi connectivity index (χ0) is 15.2. The van der Waals surface area contributed by atoms with E-state index in [1.807, 2.05) is 0 Å². The van der Waals surface area contributed by atoms with E-state index in [9.17, 15) is 14.0 Å². The van der Waals surface area contributed by atoms with Crippen molar-refractivity contribution in [3.63, 3.8) is 0 Å². The summed E-state index contributed by atoms with van der Waals surface area (Å²) in [5.74, 6) is -0.340. The van der Waals surface area contributed by atoms with Crippen molar-refractivity contribution in [3.8, 4) is 12.0 Å². The van der Waals surface area contributed by atoms with Crippen LogP contribution in [-0.4, -0.2) is 17.0 Å². The summed E-state index contributed by atoms with van der Waals surface area (Å²) in [5.41, 5.74) is -0.222. The Morgan fingerprint density at radius 3 is 2.29 bits per heavy atom. The number of carboxylic acid groups (broad SMARTS) is 1. The van der Waals surface area contributed by atoms with Crippen LogP contribution in [0.5, 0.6) is 0 Å². The van der Waals surface area contributed by atoms with E-state index in [-0.39, 0.29) is 16.7 Å². The predicted octanol–water partition coefficient (Wildman–Crippen LogP) is 2.69. The molecule has 0 bridgehead atoms. The Kier molecular flexibility index (Phi) is 4.32. The normalized spacial score (nSPS) is 9.38. The van der Waals surface area contributed by atoms with Gasteiger partial charge in [-0.3, -0.25) is 0 Å². The number of carbonyl (C=O) groups excluding carboxylic acids is 1. The molecule has 0 heterocycles. The standard InChI is InChI=1S/C16H9FO4/c17-14-8-4-1-5-11(14)9-10-21-16(20)13-7-3-2-6-12(13)15(18)19/h1-8H,(H,18,19). The summed E-state index contributed by atoms with van der Waals surface area (Å²) in [6, 6.07) is 11.4. The van der Waals surface area contributed by atoms with Gasteiger partial charge in [-0.05, 0) is 30.2 Å². The Balaban J connectivity index is 2.18. The minimum absolute atomic E-state index is 0.0804. The average molecular weight is 284 g/mol. The highest BCUT2D eigenvalue weighted by molar-refractivity contribution is 6.02. The number of carboxylic acids is 1. The summed E-state index contributed by atoms with van der Waals surface area (Å²) in [6.07, 6.45) is 2.07. The van der Waals surface area contributed by atoms with Gasteiger partial charge in [-0.15, -0.1) is 0 Å². The fraction of sp³-hybridized carbons (Fsp3) is 0. The van der Waals surface area contributed by atoms with Crippen molar-refractivity contribution >= 4 is 11.9 Å². The van der Waals surface area contributed by atoms with E-state index in [2.05, 4.69) is 16.8 Å². The van der Waals surface area contributed by atoms with Crippen molar-refractivity contribution in [3.05, 3.63) is 71.0 Å². The van der Waals surface area contributed by atoms with Crippen LogP contribution >= 0.6 is 0 Å². The Morgan fingerprint density at radius 2 is 1.62 bits per heavy atom. The van der Waals surface area contributed by atoms with Gasteiger partial charge in [0.05, 0.1) is 16.7 Å². The van der Waals surface area contributed by atoms with Gasteiger partial charge in [0.1, 0.15) is 11.9 Å². The summed E-state index contributed by atoms with van der Waals surface area (Å²) >= 11 is 0. The lowest BCUT2D eigenvalue weighted by molar-refractivity contribution is 0.0649. The SMILES string of the molecule is O=C(O)c1ccccc1C(=O)OC#Cc1ccccc1F. The van der Waals surface area contributed by atoms with Crippen molar-refractivity contribution in [2.45, 2.75) is 0 Å². The molecule has 0 saturated carbocycles. The Hall–Kier alpha value is -3.13. The molecule has 21 heavy (non-hydrogen) atoms. The number of halogens is 1. The van der Waals surface area contributed by atoms with Gasteiger partial charge >= 0.3 is 11.9 Å². The van der Waals surface area contributed by atoms with Gasteiger partial charge in [0.25, 0.3) is 0 Å². The van der Waals surface area contributed by atoms with Crippen molar-refractivity contribution in [2.75, 3.05) is 0 Å². The van der Waals surface area contributed by atoms with Crippen molar-refractivity contribution in [1.29, 1.82) is 0 Å². The topological polar surface area (TPSA) is 63.6 Å². The molecule has 2 aromatic rings. The summed E-state index contributed by atoms with van der Waals surface area (Å²) in [6.45, 7) is 0. The maximum Gasteiger partial charge on any atom is 0.352 e. The third-order valence-corrected chi connectivity index (χ3v) is 2.58. The first-order valence-corrected chi connectivity index (χ1v) is 5.88. The largest absolute Gasteiger partial charge is 0.478 e. The first-order valence-electron chi connectivity index (χ1n) is 5.88. The summed E-state index contributed by atoms with van der Waals surface area (Å²) in [7, 11) is 0. The molecule has 4 nitrogen and oxygen atoms in total. The average Bonchev–Trinajstić information content (AvgIpc) is 2.49. The molecule has 0 aliphatic rings. The van der Waals surface area contributed by atoms with Crippen molar-refractivity contribution in [2.24, 2.45) is 0 Å². The number of hydrogen-bond acceptors (Lipinski definition) is 3. The highest BCUT2D eigenvalue weighted by Crippen LogP contribution is 2.10. The number of benzene rings is 2. The number of esters is 1. The maximum atomic E-state index is 13.3. The van der Waals surface area contributed by atoms with Crippen LogP contribution in [0.25, 0.3) is 0 Å². The molecule has 1 N–H and O–H groups in total. The molecule has 0 saturated heterocycles. The smallest absolute Gasteiger partial charge is 0.352 e. The molecule has 0 aliphatic carbocycles. The molecular weight excluding hydrogens is 275 g/mol. The zero-order valence-corrected chi connectivity index (χ0v) is 10.7. The first-order chi connectivity index (χ1) is 10.1. The summed E-state index contributed by atoms with van der Waals surface area (Å²) in [5, 5.41) is 8.96. The van der Waals surface area contributed by atoms with Gasteiger partial charge in [0.15, 0.2) is 0 Å². The van der Waals surface area contributed by atoms with E-state index in [4.69, 9.17) is 5.11 Å². The first kappa shape index (κ1) is 14.3. The molecule has 0 spiro atoms. The van der Waals surface area contributed by atoms with Crippen LogP contribution in [0.15, 0.2) is 48.5 Å². The van der Waals surface area contributed by atoms with Gasteiger partial charge in [0.2, 0.25) is 0 Å². The van der Waals surface area contributed by atoms with Crippen LogP contribution in [0.4, 0.5) is 4.39 Å². The third kappa shape index (κ3) is 3.45. The Bertz CT molecular complexity index is 756. The molecular formula is C16H9FO4. The van der Waals surface area contributed by atoms with E-state index >= 15 is 0 Å². The second kappa shape index (κ2) is 6.35. The van der Waals surface area contributed by atoms with E-state index in [0.717, 1.165) is 0 Å². The number of hydrogen-bond donors (Lipinski definition) is 1. The Labute approximate surface area is 119 Å². The van der Waals surface area contributed by atoms with Crippen LogP contribution in [0, 0.1) is 17.8 Å². The molecule has 0 fully saturated rings. The predicted molar refractivity (Wildman–Crippen MR) is 72.1 cm³/mol. The number of aromatic carboxylic acids is 1. The minimum atomic E-state index is -1.25. The minimum Gasteiger partial charge on any atom is -0.478 e. The molecule has 104 valence electrons. The van der Waals surface area contributed by atoms with Crippen LogP contribution in [0.2, 0.25) is 0 Å². The van der Waals surface area contributed by atoms with E-state index in [1.54, 1.807) is 6.07 Å². The third-order valence-electron chi connectivity index (χ3n) is 2.58. The number of carbonyl (C=O) groups is 2. The maximum absolute atomic E-state index is 13.3. The van der Waals surface area contributed by atoms with Gasteiger partial charge < -0.3 is 9.84 Å². The van der Waals surface area contributed by atoms with E-state index in [0.29, 0.717) is 0 Å². The second-order valence-electron chi connectivity index (χ2n) is 3.95. The van der Waals surface area contributed by atoms with Gasteiger partial charge in [0, 0.05) is 0 Å². The van der Waals surface area contributed by atoms with Crippen LogP contribution in [0.3, 0.4) is 0 Å². The summed E-state index contributed by atoms with van der Waals surface area (Å²) in [4.78, 5) is 22.7. The van der Waals surface area contributed by atoms with Crippen LogP contribution in [0.1, 0.15) is 26.3 Å². The molecule has 0 aliphatic heterocycles. The molecule has 0 radical (unpaired) electrons. The number of ether oxygens (including phenoxy) is 1. The molecule has 0 unspecified atom stereocenters. The van der Waals surface area contributed by atoms with Crippen LogP contribution in [-0.2, 0) is 4.74 Å². The molecule has 0 aromatic heterocycles. The van der Waals surface area contributed by atoms with Gasteiger partial charge in [-0.1, -0.05) is 24.3 Å². The fourth-order valence-corrected chi connectivity index (χ4v) is 1.59. The molecule has 5 heteroatoms. The molecule has 2 rings (SSSR count). The van der Waals surface area contributed by atoms with E-state index < -0.39 is 17.8 Å². The Morgan fingerprint density at radius 1 is 1.00 bits per heavy atom. The van der Waals surface area contributed by atoms with Gasteiger partial charge in [-0.2, -0.15) is 0 Å². The second-order valence-corrected chi connectivity index (χ2v) is 3.95.